The van der Waals surface area contributed by atoms with Crippen LogP contribution in [0.1, 0.15) is 58.1 Å². The fraction of sp³-hybridized carbons (Fsp3) is 0.684. The second-order valence-corrected chi connectivity index (χ2v) is 6.54. The van der Waals surface area contributed by atoms with Gasteiger partial charge in [-0.15, -0.1) is 0 Å². The minimum Gasteiger partial charge on any atom is -0.314 e. The first kappa shape index (κ1) is 17.2. The number of hydrogen-bond acceptors (Lipinski definition) is 1. The maximum absolute atomic E-state index is 3.63. The SMILES string of the molecule is CCC(CC)CC(CNC(C)C)Cc1cccc(C)c1. The third kappa shape index (κ3) is 6.56. The molecule has 0 aliphatic heterocycles. The largest absolute Gasteiger partial charge is 0.314 e. The van der Waals surface area contributed by atoms with E-state index >= 15 is 0 Å². The van der Waals surface area contributed by atoms with Crippen LogP contribution in [0, 0.1) is 18.8 Å². The van der Waals surface area contributed by atoms with Crippen LogP contribution in [0.2, 0.25) is 0 Å². The Kier molecular flexibility index (Phi) is 7.91. The van der Waals surface area contributed by atoms with Crippen molar-refractivity contribution in [3.05, 3.63) is 35.4 Å². The standard InChI is InChI=1S/C19H33N/c1-6-17(7-2)12-19(14-20-15(3)4)13-18-10-8-9-16(5)11-18/h8-11,15,17,19-20H,6-7,12-14H2,1-5H3. The van der Waals surface area contributed by atoms with Crippen molar-refractivity contribution in [3.8, 4) is 0 Å². The van der Waals surface area contributed by atoms with Gasteiger partial charge in [-0.25, -0.2) is 0 Å². The van der Waals surface area contributed by atoms with Crippen molar-refractivity contribution in [3.63, 3.8) is 0 Å². The Morgan fingerprint density at radius 3 is 2.30 bits per heavy atom. The number of hydrogen-bond donors (Lipinski definition) is 1. The van der Waals surface area contributed by atoms with Crippen LogP contribution in [-0.2, 0) is 6.42 Å². The van der Waals surface area contributed by atoms with Crippen molar-refractivity contribution < 1.29 is 0 Å². The summed E-state index contributed by atoms with van der Waals surface area (Å²) in [6, 6.07) is 9.58. The van der Waals surface area contributed by atoms with Crippen LogP contribution in [0.25, 0.3) is 0 Å². The van der Waals surface area contributed by atoms with Gasteiger partial charge in [0.15, 0.2) is 0 Å². The normalized spacial score (nSPS) is 13.2. The Morgan fingerprint density at radius 1 is 1.05 bits per heavy atom. The molecule has 1 N–H and O–H groups in total. The molecule has 1 unspecified atom stereocenters. The zero-order valence-corrected chi connectivity index (χ0v) is 14.1. The van der Waals surface area contributed by atoms with Gasteiger partial charge < -0.3 is 5.32 Å². The summed E-state index contributed by atoms with van der Waals surface area (Å²) in [6.45, 7) is 12.5. The van der Waals surface area contributed by atoms with Crippen LogP contribution < -0.4 is 5.32 Å². The molecule has 0 bridgehead atoms. The van der Waals surface area contributed by atoms with E-state index in [1.807, 2.05) is 0 Å². The summed E-state index contributed by atoms with van der Waals surface area (Å²) in [5.41, 5.74) is 2.87. The molecule has 0 fully saturated rings. The molecule has 0 aromatic heterocycles. The van der Waals surface area contributed by atoms with Gasteiger partial charge in [0.25, 0.3) is 0 Å². The van der Waals surface area contributed by atoms with Crippen LogP contribution in [0.4, 0.5) is 0 Å². The van der Waals surface area contributed by atoms with E-state index in [0.717, 1.165) is 18.4 Å². The number of rotatable bonds is 9. The Balaban J connectivity index is 2.65. The van der Waals surface area contributed by atoms with Gasteiger partial charge in [-0.3, -0.25) is 0 Å². The molecule has 1 aromatic rings. The summed E-state index contributed by atoms with van der Waals surface area (Å²) in [4.78, 5) is 0. The quantitative estimate of drug-likeness (QED) is 0.670. The number of aryl methyl sites for hydroxylation is 1. The van der Waals surface area contributed by atoms with E-state index in [4.69, 9.17) is 0 Å². The van der Waals surface area contributed by atoms with E-state index in [-0.39, 0.29) is 0 Å². The lowest BCUT2D eigenvalue weighted by molar-refractivity contribution is 0.331. The average Bonchev–Trinajstić information content (AvgIpc) is 2.41. The molecule has 0 aliphatic rings. The average molecular weight is 275 g/mol. The molecule has 0 radical (unpaired) electrons. The monoisotopic (exact) mass is 275 g/mol. The van der Waals surface area contributed by atoms with Crippen molar-refractivity contribution in [2.75, 3.05) is 6.54 Å². The van der Waals surface area contributed by atoms with Gasteiger partial charge in [0, 0.05) is 6.04 Å². The molecular weight excluding hydrogens is 242 g/mol. The molecule has 1 atom stereocenters. The Hall–Kier alpha value is -0.820. The van der Waals surface area contributed by atoms with E-state index < -0.39 is 0 Å². The third-order valence-electron chi connectivity index (χ3n) is 4.24. The maximum Gasteiger partial charge on any atom is 0.00104 e. The van der Waals surface area contributed by atoms with Crippen LogP contribution in [0.15, 0.2) is 24.3 Å². The zero-order chi connectivity index (χ0) is 15.0. The molecule has 0 aliphatic carbocycles. The molecule has 1 heteroatoms. The predicted molar refractivity (Wildman–Crippen MR) is 90.2 cm³/mol. The lowest BCUT2D eigenvalue weighted by Gasteiger charge is -2.24. The first-order valence-electron chi connectivity index (χ1n) is 8.34. The molecule has 1 rings (SSSR count). The van der Waals surface area contributed by atoms with Gasteiger partial charge in [-0.2, -0.15) is 0 Å². The second-order valence-electron chi connectivity index (χ2n) is 6.54. The van der Waals surface area contributed by atoms with Gasteiger partial charge >= 0.3 is 0 Å². The maximum atomic E-state index is 3.63. The molecule has 114 valence electrons. The highest BCUT2D eigenvalue weighted by atomic mass is 14.9. The topological polar surface area (TPSA) is 12.0 Å². The van der Waals surface area contributed by atoms with Crippen LogP contribution >= 0.6 is 0 Å². The first-order valence-corrected chi connectivity index (χ1v) is 8.34. The van der Waals surface area contributed by atoms with E-state index in [1.165, 1.54) is 36.8 Å². The molecule has 1 nitrogen and oxygen atoms in total. The highest BCUT2D eigenvalue weighted by molar-refractivity contribution is 5.22. The van der Waals surface area contributed by atoms with Crippen molar-refractivity contribution in [1.29, 1.82) is 0 Å². The van der Waals surface area contributed by atoms with Gasteiger partial charge in [0.1, 0.15) is 0 Å². The fourth-order valence-corrected chi connectivity index (χ4v) is 2.91. The van der Waals surface area contributed by atoms with Gasteiger partial charge in [-0.05, 0) is 43.7 Å². The summed E-state index contributed by atoms with van der Waals surface area (Å²) < 4.78 is 0. The van der Waals surface area contributed by atoms with Gasteiger partial charge in [0.2, 0.25) is 0 Å². The first-order chi connectivity index (χ1) is 9.55. The molecule has 0 saturated carbocycles. The lowest BCUT2D eigenvalue weighted by Crippen LogP contribution is -2.31. The molecule has 20 heavy (non-hydrogen) atoms. The van der Waals surface area contributed by atoms with Crippen LogP contribution in [-0.4, -0.2) is 12.6 Å². The Morgan fingerprint density at radius 2 is 1.75 bits per heavy atom. The van der Waals surface area contributed by atoms with Crippen molar-refractivity contribution >= 4 is 0 Å². The van der Waals surface area contributed by atoms with E-state index in [9.17, 15) is 0 Å². The van der Waals surface area contributed by atoms with Gasteiger partial charge in [-0.1, -0.05) is 70.4 Å². The minimum absolute atomic E-state index is 0.580. The summed E-state index contributed by atoms with van der Waals surface area (Å²) in [5, 5.41) is 3.63. The highest BCUT2D eigenvalue weighted by Gasteiger charge is 2.15. The third-order valence-corrected chi connectivity index (χ3v) is 4.24. The van der Waals surface area contributed by atoms with Crippen LogP contribution in [0.5, 0.6) is 0 Å². The summed E-state index contributed by atoms with van der Waals surface area (Å²) in [5.74, 6) is 1.63. The molecule has 0 spiro atoms. The Labute approximate surface area is 126 Å². The fourth-order valence-electron chi connectivity index (χ4n) is 2.91. The smallest absolute Gasteiger partial charge is 0.00104 e. The van der Waals surface area contributed by atoms with Crippen molar-refractivity contribution in [2.24, 2.45) is 11.8 Å². The van der Waals surface area contributed by atoms with Crippen molar-refractivity contribution in [1.82, 2.24) is 5.32 Å². The molecule has 0 saturated heterocycles. The van der Waals surface area contributed by atoms with E-state index in [0.29, 0.717) is 6.04 Å². The zero-order valence-electron chi connectivity index (χ0n) is 14.1. The molecular formula is C19H33N. The summed E-state index contributed by atoms with van der Waals surface area (Å²) in [7, 11) is 0. The number of benzene rings is 1. The highest BCUT2D eigenvalue weighted by Crippen LogP contribution is 2.22. The second kappa shape index (κ2) is 9.18. The summed E-state index contributed by atoms with van der Waals surface area (Å²) in [6.07, 6.45) is 5.17. The predicted octanol–water partition coefficient (Wildman–Crippen LogP) is 4.98. The van der Waals surface area contributed by atoms with Crippen LogP contribution in [0.3, 0.4) is 0 Å². The molecule has 0 heterocycles. The van der Waals surface area contributed by atoms with Gasteiger partial charge in [0.05, 0.1) is 0 Å². The minimum atomic E-state index is 0.580. The van der Waals surface area contributed by atoms with Crippen molar-refractivity contribution in [2.45, 2.75) is 66.3 Å². The van der Waals surface area contributed by atoms with E-state index in [2.05, 4.69) is 64.2 Å². The van der Waals surface area contributed by atoms with E-state index in [1.54, 1.807) is 0 Å². The molecule has 1 aromatic carbocycles. The summed E-state index contributed by atoms with van der Waals surface area (Å²) >= 11 is 0. The Bertz CT molecular complexity index is 366. The molecule has 0 amide bonds. The number of nitrogens with one attached hydrogen (secondary N) is 1. The lowest BCUT2D eigenvalue weighted by atomic mass is 9.86.